The maximum atomic E-state index is 12.6. The number of carbonyl (C=O) groups excluding carboxylic acids is 3. The fourth-order valence-corrected chi connectivity index (χ4v) is 7.25. The number of esters is 2. The van der Waals surface area contributed by atoms with Gasteiger partial charge < -0.3 is 62.3 Å². The zero-order chi connectivity index (χ0) is 55.1. The first kappa shape index (κ1) is 60.2. The lowest BCUT2D eigenvalue weighted by Crippen LogP contribution is -2.37. The van der Waals surface area contributed by atoms with Crippen molar-refractivity contribution in [2.45, 2.75) is 46.1 Å². The number of imidazole rings is 1. The van der Waals surface area contributed by atoms with Crippen LogP contribution >= 0.6 is 0 Å². The molecule has 0 aliphatic rings. The summed E-state index contributed by atoms with van der Waals surface area (Å²) in [5, 5.41) is 18.3. The highest BCUT2D eigenvalue weighted by Gasteiger charge is 2.21. The molecule has 0 fully saturated rings. The van der Waals surface area contributed by atoms with Gasteiger partial charge in [0.2, 0.25) is 11.5 Å². The number of nitrogens with zero attached hydrogens (tertiary/aromatic N) is 7. The van der Waals surface area contributed by atoms with Gasteiger partial charge in [0.05, 0.1) is 87.0 Å². The molecule has 0 spiro atoms. The Kier molecular flexibility index (Phi) is 24.5. The van der Waals surface area contributed by atoms with Crippen molar-refractivity contribution in [1.29, 1.82) is 0 Å². The van der Waals surface area contributed by atoms with Crippen molar-refractivity contribution >= 4 is 40.4 Å². The van der Waals surface area contributed by atoms with Gasteiger partial charge in [-0.25, -0.2) is 19.4 Å². The van der Waals surface area contributed by atoms with Crippen LogP contribution < -0.4 is 44.4 Å². The Morgan fingerprint density at radius 1 is 0.622 bits per heavy atom. The van der Waals surface area contributed by atoms with Crippen LogP contribution in [-0.4, -0.2) is 160 Å². The fraction of sp³-hybridized carbons (Fsp3) is 0.451. The number of aromatic hydroxyl groups is 1. The molecule has 0 radical (unpaired) electrons. The average molecular weight is 1040 g/mol. The molecule has 0 atom stereocenters. The van der Waals surface area contributed by atoms with Crippen molar-refractivity contribution in [3.05, 3.63) is 86.3 Å². The number of methoxy groups -OCH3 is 7. The van der Waals surface area contributed by atoms with E-state index in [1.54, 1.807) is 38.2 Å². The number of phenolic OH excluding ortho intramolecular Hbond substituents is 1. The van der Waals surface area contributed by atoms with Gasteiger partial charge in [-0.2, -0.15) is 0 Å². The van der Waals surface area contributed by atoms with Crippen LogP contribution in [0.15, 0.2) is 68.4 Å². The summed E-state index contributed by atoms with van der Waals surface area (Å²) in [5.74, 6) is 1.49. The number of hydrogen-bond acceptors (Lipinski definition) is 19. The summed E-state index contributed by atoms with van der Waals surface area (Å²) in [6.45, 7) is 5.68. The Bertz CT molecular complexity index is 2720. The monoisotopic (exact) mass is 1040 g/mol. The molecule has 404 valence electrons. The minimum Gasteiger partial charge on any atom is -0.504 e. The van der Waals surface area contributed by atoms with Gasteiger partial charge in [-0.15, -0.1) is 0 Å². The number of aliphatic imine (C=N–C) groups is 2. The van der Waals surface area contributed by atoms with Crippen LogP contribution in [0.4, 0.5) is 0 Å². The van der Waals surface area contributed by atoms with Crippen LogP contribution in [0.3, 0.4) is 0 Å². The van der Waals surface area contributed by atoms with Gasteiger partial charge in [0.25, 0.3) is 11.5 Å². The Balaban J connectivity index is 0.000000363. The lowest BCUT2D eigenvalue weighted by molar-refractivity contribution is 0.0504. The van der Waals surface area contributed by atoms with Gasteiger partial charge in [0.15, 0.2) is 45.7 Å². The zero-order valence-electron chi connectivity index (χ0n) is 44.4. The van der Waals surface area contributed by atoms with Crippen molar-refractivity contribution in [2.24, 2.45) is 24.1 Å². The van der Waals surface area contributed by atoms with Crippen molar-refractivity contribution in [3.63, 3.8) is 0 Å². The molecular weight excluding hydrogens is 967 g/mol. The molecule has 1 amide bonds. The number of aliphatic hydroxyl groups is 1. The molecule has 2 N–H and O–H groups in total. The van der Waals surface area contributed by atoms with Gasteiger partial charge in [-0.05, 0) is 69.2 Å². The molecule has 0 unspecified atom stereocenters. The topological polar surface area (TPSA) is 265 Å². The second-order valence-corrected chi connectivity index (χ2v) is 15.6. The molecule has 2 heterocycles. The minimum atomic E-state index is -0.519. The summed E-state index contributed by atoms with van der Waals surface area (Å²) in [6, 6.07) is 10.8. The van der Waals surface area contributed by atoms with Gasteiger partial charge in [-0.3, -0.25) is 28.7 Å². The number of ether oxygens (including phenoxy) is 9. The highest BCUT2D eigenvalue weighted by atomic mass is 16.5. The summed E-state index contributed by atoms with van der Waals surface area (Å²) in [7, 11) is 16.7. The van der Waals surface area contributed by atoms with E-state index in [0.29, 0.717) is 95.7 Å². The van der Waals surface area contributed by atoms with Crippen LogP contribution in [0.25, 0.3) is 11.2 Å². The SMILES string of the molecule is CCN(CC)C(=O)c1ccc(O)c(OC)c1.CN=C(CCOC(=O)c1cc(OC)c(OC)c(OC)c1)CCC(CCOC(=O)c1cc(OC)c(OC)c(OC)c1)=NC.Cn1c(=O)c2c(ncn2CCO)n(C)c1=O. The third-order valence-electron chi connectivity index (χ3n) is 11.4. The predicted octanol–water partition coefficient (Wildman–Crippen LogP) is 4.76. The molecule has 0 saturated carbocycles. The summed E-state index contributed by atoms with van der Waals surface area (Å²) in [6.07, 6.45) is 3.60. The fourth-order valence-electron chi connectivity index (χ4n) is 7.25. The van der Waals surface area contributed by atoms with Crippen LogP contribution in [0.2, 0.25) is 0 Å². The lowest BCUT2D eigenvalue weighted by atomic mass is 10.1. The maximum Gasteiger partial charge on any atom is 0.338 e. The molecule has 5 aromatic rings. The number of amides is 1. The average Bonchev–Trinajstić information content (AvgIpc) is 3.85. The molecular formula is C51H69N7O16. The van der Waals surface area contributed by atoms with E-state index in [1.165, 1.54) is 103 Å². The second-order valence-electron chi connectivity index (χ2n) is 15.6. The van der Waals surface area contributed by atoms with E-state index in [-0.39, 0.29) is 49.1 Å². The largest absolute Gasteiger partial charge is 0.504 e. The summed E-state index contributed by atoms with van der Waals surface area (Å²) < 4.78 is 51.5. The lowest BCUT2D eigenvalue weighted by Gasteiger charge is -2.18. The van der Waals surface area contributed by atoms with E-state index in [9.17, 15) is 29.1 Å². The first-order valence-corrected chi connectivity index (χ1v) is 23.2. The summed E-state index contributed by atoms with van der Waals surface area (Å²) >= 11 is 0. The Morgan fingerprint density at radius 3 is 1.43 bits per heavy atom. The van der Waals surface area contributed by atoms with Crippen LogP contribution in [-0.2, 0) is 30.1 Å². The van der Waals surface area contributed by atoms with E-state index >= 15 is 0 Å². The van der Waals surface area contributed by atoms with Crippen molar-refractivity contribution < 1.29 is 67.2 Å². The number of fused-ring (bicyclic) bond motifs is 1. The number of carbonyl (C=O) groups is 3. The summed E-state index contributed by atoms with van der Waals surface area (Å²) in [4.78, 5) is 75.1. The third-order valence-corrected chi connectivity index (χ3v) is 11.4. The Hall–Kier alpha value is -8.08. The standard InChI is InChI=1S/C30H40N2O10.C12H17NO3.C9H12N4O3/c1-31-21(11-13-41-29(33)19-15-23(35-3)27(39-7)24(16-19)36-4)9-10-22(32-2)12-14-42-30(34)20-17-25(37-5)28(40-8)26(18-20)38-6;1-4-13(5-2)12(15)9-6-7-10(14)11(8-9)16-3;1-11-7-6(8(15)12(2)9(11)16)13(3-4-14)5-10-7/h15-18H,9-14H2,1-8H3;6-8,14H,4-5H2,1-3H3;5,14H,3-4H2,1-2H3. The maximum absolute atomic E-state index is 12.6. The van der Waals surface area contributed by atoms with Crippen molar-refractivity contribution in [2.75, 3.05) is 96.8 Å². The van der Waals surface area contributed by atoms with Gasteiger partial charge in [0, 0.05) is 77.7 Å². The molecule has 3 aromatic carbocycles. The van der Waals surface area contributed by atoms with E-state index in [4.69, 9.17) is 47.7 Å². The molecule has 74 heavy (non-hydrogen) atoms. The van der Waals surface area contributed by atoms with Crippen LogP contribution in [0.1, 0.15) is 70.6 Å². The van der Waals surface area contributed by atoms with Crippen molar-refractivity contribution in [1.82, 2.24) is 23.6 Å². The van der Waals surface area contributed by atoms with Crippen molar-refractivity contribution in [3.8, 4) is 46.0 Å². The molecule has 0 bridgehead atoms. The second kappa shape index (κ2) is 30.1. The molecule has 23 heteroatoms. The highest BCUT2D eigenvalue weighted by molar-refractivity contribution is 5.95. The molecule has 2 aromatic heterocycles. The number of benzene rings is 3. The highest BCUT2D eigenvalue weighted by Crippen LogP contribution is 2.39. The zero-order valence-corrected chi connectivity index (χ0v) is 44.4. The molecule has 23 nitrogen and oxygen atoms in total. The van der Waals surface area contributed by atoms with E-state index < -0.39 is 23.2 Å². The Labute approximate surface area is 429 Å². The van der Waals surface area contributed by atoms with E-state index in [2.05, 4.69) is 15.0 Å². The van der Waals surface area contributed by atoms with Crippen LogP contribution in [0, 0.1) is 0 Å². The molecule has 0 aliphatic carbocycles. The smallest absolute Gasteiger partial charge is 0.338 e. The number of hydrogen-bond donors (Lipinski definition) is 2. The number of rotatable bonds is 23. The normalized spacial score (nSPS) is 11.1. The molecule has 5 rings (SSSR count). The molecule has 0 aliphatic heterocycles. The first-order chi connectivity index (χ1) is 35.5. The third kappa shape index (κ3) is 15.5. The number of aryl methyl sites for hydroxylation is 1. The number of aliphatic hydroxyl groups excluding tert-OH is 1. The first-order valence-electron chi connectivity index (χ1n) is 23.2. The van der Waals surface area contributed by atoms with E-state index in [1.807, 2.05) is 13.8 Å². The number of phenols is 1. The van der Waals surface area contributed by atoms with Gasteiger partial charge in [0.1, 0.15) is 0 Å². The molecule has 0 saturated heterocycles. The Morgan fingerprint density at radius 2 is 1.05 bits per heavy atom. The number of aromatic nitrogens is 4. The van der Waals surface area contributed by atoms with E-state index in [0.717, 1.165) is 16.0 Å². The summed E-state index contributed by atoms with van der Waals surface area (Å²) in [5.41, 5.74) is 2.67. The minimum absolute atomic E-state index is 0.0404. The quantitative estimate of drug-likeness (QED) is 0.0660. The van der Waals surface area contributed by atoms with Gasteiger partial charge in [-0.1, -0.05) is 0 Å². The van der Waals surface area contributed by atoms with Gasteiger partial charge >= 0.3 is 17.6 Å². The van der Waals surface area contributed by atoms with Crippen LogP contribution in [0.5, 0.6) is 46.0 Å². The predicted molar refractivity (Wildman–Crippen MR) is 277 cm³/mol.